The molecule has 1 aromatic rings. The lowest BCUT2D eigenvalue weighted by molar-refractivity contribution is -0.0843. The third-order valence-electron chi connectivity index (χ3n) is 5.05. The molecule has 0 amide bonds. The Morgan fingerprint density at radius 3 is 1.94 bits per heavy atom. The van der Waals surface area contributed by atoms with Crippen molar-refractivity contribution < 1.29 is 0 Å². The van der Waals surface area contributed by atoms with Crippen LogP contribution < -0.4 is 0 Å². The van der Waals surface area contributed by atoms with Gasteiger partial charge in [-0.15, -0.1) is 6.58 Å². The van der Waals surface area contributed by atoms with Crippen molar-refractivity contribution in [3.05, 3.63) is 48.0 Å². The highest BCUT2D eigenvalue weighted by Crippen LogP contribution is 2.68. The van der Waals surface area contributed by atoms with Gasteiger partial charge in [0.1, 0.15) is 0 Å². The van der Waals surface area contributed by atoms with Gasteiger partial charge in [-0.25, -0.2) is 0 Å². The third-order valence-corrected chi connectivity index (χ3v) is 5.05. The molecule has 2 rings (SSSR count). The zero-order valence-electron chi connectivity index (χ0n) is 12.5. The molecule has 0 radical (unpaired) electrons. The van der Waals surface area contributed by atoms with Gasteiger partial charge in [0.15, 0.2) is 0 Å². The Morgan fingerprint density at radius 1 is 1.06 bits per heavy atom. The van der Waals surface area contributed by atoms with Crippen LogP contribution in [0.25, 0.3) is 0 Å². The van der Waals surface area contributed by atoms with E-state index in [0.717, 1.165) is 6.42 Å². The highest BCUT2D eigenvalue weighted by Gasteiger charge is 2.60. The van der Waals surface area contributed by atoms with Crippen molar-refractivity contribution in [3.8, 4) is 0 Å². The van der Waals surface area contributed by atoms with E-state index >= 15 is 0 Å². The third kappa shape index (κ3) is 1.74. The van der Waals surface area contributed by atoms with Crippen molar-refractivity contribution in [3.63, 3.8) is 0 Å². The van der Waals surface area contributed by atoms with E-state index in [4.69, 9.17) is 0 Å². The van der Waals surface area contributed by atoms with E-state index in [9.17, 15) is 0 Å². The van der Waals surface area contributed by atoms with Crippen molar-refractivity contribution in [1.82, 2.24) is 0 Å². The molecule has 0 spiro atoms. The van der Waals surface area contributed by atoms with Gasteiger partial charge in [-0.1, -0.05) is 65.0 Å². The number of hydrogen-bond acceptors (Lipinski definition) is 0. The molecular formula is C18H26. The highest BCUT2D eigenvalue weighted by atomic mass is 14.6. The summed E-state index contributed by atoms with van der Waals surface area (Å²) in [5, 5.41) is 0. The largest absolute Gasteiger partial charge is 0.103 e. The Hall–Kier alpha value is -1.04. The second-order valence-corrected chi connectivity index (χ2v) is 6.88. The second kappa shape index (κ2) is 4.26. The molecular weight excluding hydrogens is 216 g/mol. The lowest BCUT2D eigenvalue weighted by atomic mass is 9.40. The van der Waals surface area contributed by atoms with Gasteiger partial charge < -0.3 is 0 Å². The average molecular weight is 242 g/mol. The van der Waals surface area contributed by atoms with Crippen LogP contribution in [0.5, 0.6) is 0 Å². The average Bonchev–Trinajstić information content (AvgIpc) is 2.28. The Kier molecular flexibility index (Phi) is 3.17. The van der Waals surface area contributed by atoms with Gasteiger partial charge in [-0.3, -0.25) is 0 Å². The minimum absolute atomic E-state index is 0.318. The number of rotatable bonds is 3. The Balaban J connectivity index is 2.35. The van der Waals surface area contributed by atoms with E-state index in [-0.39, 0.29) is 0 Å². The van der Waals surface area contributed by atoms with E-state index in [1.807, 2.05) is 0 Å². The summed E-state index contributed by atoms with van der Waals surface area (Å²) in [5.74, 6) is 1.22. The summed E-state index contributed by atoms with van der Waals surface area (Å²) in [7, 11) is 0. The van der Waals surface area contributed by atoms with Crippen molar-refractivity contribution in [2.24, 2.45) is 16.7 Å². The van der Waals surface area contributed by atoms with Crippen LogP contribution in [0.4, 0.5) is 0 Å². The molecule has 0 aliphatic heterocycles. The van der Waals surface area contributed by atoms with Gasteiger partial charge in [0.25, 0.3) is 0 Å². The SMILES string of the molecule is C=CC1C(C)(C)C(c2ccc(CC)cc2)C1(C)C. The van der Waals surface area contributed by atoms with Crippen LogP contribution in [0.15, 0.2) is 36.9 Å². The maximum atomic E-state index is 4.03. The van der Waals surface area contributed by atoms with Gasteiger partial charge in [0.2, 0.25) is 0 Å². The fraction of sp³-hybridized carbons (Fsp3) is 0.556. The molecule has 0 aromatic heterocycles. The molecule has 1 fully saturated rings. The predicted molar refractivity (Wildman–Crippen MR) is 79.8 cm³/mol. The Labute approximate surface area is 112 Å². The summed E-state index contributed by atoms with van der Waals surface area (Å²) < 4.78 is 0. The molecule has 0 unspecified atom stereocenters. The zero-order valence-corrected chi connectivity index (χ0v) is 12.5. The van der Waals surface area contributed by atoms with Gasteiger partial charge in [-0.05, 0) is 40.2 Å². The first-order valence-corrected chi connectivity index (χ1v) is 7.07. The monoisotopic (exact) mass is 242 g/mol. The highest BCUT2D eigenvalue weighted by molar-refractivity contribution is 5.34. The minimum Gasteiger partial charge on any atom is -0.103 e. The standard InChI is InChI=1S/C18H26/c1-7-13-9-11-14(12-10-13)16-17(3,4)15(8-2)18(16,5)6/h8-12,15-16H,2,7H2,1,3-6H3. The summed E-state index contributed by atoms with van der Waals surface area (Å²) in [6.45, 7) is 15.7. The summed E-state index contributed by atoms with van der Waals surface area (Å²) in [4.78, 5) is 0. The van der Waals surface area contributed by atoms with E-state index < -0.39 is 0 Å². The van der Waals surface area contributed by atoms with Crippen molar-refractivity contribution >= 4 is 0 Å². The molecule has 1 aliphatic carbocycles. The molecule has 1 saturated carbocycles. The Morgan fingerprint density at radius 2 is 1.56 bits per heavy atom. The topological polar surface area (TPSA) is 0 Å². The normalized spacial score (nSPS) is 28.5. The van der Waals surface area contributed by atoms with Gasteiger partial charge in [-0.2, -0.15) is 0 Å². The molecule has 1 aromatic carbocycles. The minimum atomic E-state index is 0.318. The van der Waals surface area contributed by atoms with Crippen molar-refractivity contribution in [2.75, 3.05) is 0 Å². The molecule has 0 N–H and O–H groups in total. The summed E-state index contributed by atoms with van der Waals surface area (Å²) in [6.07, 6.45) is 3.27. The molecule has 0 heterocycles. The number of benzene rings is 1. The first kappa shape index (κ1) is 13.4. The molecule has 0 saturated heterocycles. The summed E-state index contributed by atoms with van der Waals surface area (Å²) in [6, 6.07) is 9.21. The van der Waals surface area contributed by atoms with Crippen LogP contribution in [0.2, 0.25) is 0 Å². The van der Waals surface area contributed by atoms with E-state index in [1.54, 1.807) is 0 Å². The van der Waals surface area contributed by atoms with E-state index in [1.165, 1.54) is 11.1 Å². The number of aryl methyl sites for hydroxylation is 1. The predicted octanol–water partition coefficient (Wildman–Crippen LogP) is 5.20. The lowest BCUT2D eigenvalue weighted by Crippen LogP contribution is -2.56. The molecule has 98 valence electrons. The van der Waals surface area contributed by atoms with Crippen LogP contribution in [-0.4, -0.2) is 0 Å². The van der Waals surface area contributed by atoms with Crippen LogP contribution in [0.1, 0.15) is 51.7 Å². The lowest BCUT2D eigenvalue weighted by Gasteiger charge is -2.64. The summed E-state index contributed by atoms with van der Waals surface area (Å²) in [5.41, 5.74) is 3.55. The van der Waals surface area contributed by atoms with E-state index in [2.05, 4.69) is 71.5 Å². The summed E-state index contributed by atoms with van der Waals surface area (Å²) >= 11 is 0. The smallest absolute Gasteiger partial charge is 0.00476 e. The van der Waals surface area contributed by atoms with Crippen molar-refractivity contribution in [2.45, 2.75) is 47.0 Å². The first-order valence-electron chi connectivity index (χ1n) is 7.07. The fourth-order valence-electron chi connectivity index (χ4n) is 4.59. The van der Waals surface area contributed by atoms with Crippen LogP contribution >= 0.6 is 0 Å². The van der Waals surface area contributed by atoms with Crippen LogP contribution in [0, 0.1) is 16.7 Å². The zero-order chi connectivity index (χ0) is 13.6. The van der Waals surface area contributed by atoms with Gasteiger partial charge in [0, 0.05) is 0 Å². The number of allylic oxidation sites excluding steroid dienone is 1. The van der Waals surface area contributed by atoms with E-state index in [0.29, 0.717) is 22.7 Å². The quantitative estimate of drug-likeness (QED) is 0.639. The molecule has 0 nitrogen and oxygen atoms in total. The Bertz CT molecular complexity index is 418. The van der Waals surface area contributed by atoms with Gasteiger partial charge >= 0.3 is 0 Å². The molecule has 0 bridgehead atoms. The second-order valence-electron chi connectivity index (χ2n) is 6.88. The van der Waals surface area contributed by atoms with Gasteiger partial charge in [0.05, 0.1) is 0 Å². The van der Waals surface area contributed by atoms with Crippen LogP contribution in [0.3, 0.4) is 0 Å². The van der Waals surface area contributed by atoms with Crippen molar-refractivity contribution in [1.29, 1.82) is 0 Å². The first-order chi connectivity index (χ1) is 8.35. The maximum absolute atomic E-state index is 4.03. The van der Waals surface area contributed by atoms with Crippen LogP contribution in [-0.2, 0) is 6.42 Å². The molecule has 0 heteroatoms. The molecule has 18 heavy (non-hydrogen) atoms. The molecule has 1 aliphatic rings. The number of hydrogen-bond donors (Lipinski definition) is 0. The maximum Gasteiger partial charge on any atom is -0.00476 e. The fourth-order valence-corrected chi connectivity index (χ4v) is 4.59. The molecule has 0 atom stereocenters.